The molecule has 2 bridgehead atoms. The number of alkyl halides is 2. The maximum atomic E-state index is 16.2. The summed E-state index contributed by atoms with van der Waals surface area (Å²) < 4.78 is 49.9. The van der Waals surface area contributed by atoms with Gasteiger partial charge in [-0.1, -0.05) is 48.0 Å². The number of carbonyl (C=O) groups excluding carboxylic acids is 2. The van der Waals surface area contributed by atoms with Crippen molar-refractivity contribution in [2.45, 2.75) is 110 Å². The Balaban J connectivity index is 1.61. The largest absolute Gasteiger partial charge is 0.497 e. The smallest absolute Gasteiger partial charge is 0.408 e. The minimum absolute atomic E-state index is 0.0441. The fourth-order valence-corrected chi connectivity index (χ4v) is 7.69. The minimum Gasteiger partial charge on any atom is -0.497 e. The molecule has 264 valence electrons. The van der Waals surface area contributed by atoms with E-state index in [-0.39, 0.29) is 48.2 Å². The van der Waals surface area contributed by atoms with Crippen LogP contribution in [0.4, 0.5) is 13.6 Å². The van der Waals surface area contributed by atoms with Crippen LogP contribution in [0.5, 0.6) is 11.6 Å². The molecular weight excluding hydrogens is 626 g/mol. The molecule has 2 N–H and O–H groups in total. The number of carboxylic acids is 1. The quantitative estimate of drug-likeness (QED) is 0.391. The molecule has 0 radical (unpaired) electrons. The average molecular weight is 675 g/mol. The molecule has 1 aromatic carbocycles. The first-order valence-electron chi connectivity index (χ1n) is 17.0. The summed E-state index contributed by atoms with van der Waals surface area (Å²) in [5.74, 6) is -5.64. The number of benzene rings is 1. The number of nitrogens with one attached hydrogen (secondary N) is 1. The van der Waals surface area contributed by atoms with Gasteiger partial charge in [-0.05, 0) is 61.0 Å². The second-order valence-corrected chi connectivity index (χ2v) is 14.8. The van der Waals surface area contributed by atoms with Gasteiger partial charge in [0, 0.05) is 18.4 Å². The van der Waals surface area contributed by atoms with Gasteiger partial charge in [-0.15, -0.1) is 0 Å². The Labute approximate surface area is 280 Å². The van der Waals surface area contributed by atoms with Gasteiger partial charge in [0.1, 0.15) is 30.0 Å². The molecule has 48 heavy (non-hydrogen) atoms. The number of halogens is 2. The summed E-state index contributed by atoms with van der Waals surface area (Å²) in [7, 11) is 1.48. The van der Waals surface area contributed by atoms with E-state index in [0.29, 0.717) is 25.0 Å². The molecule has 11 nitrogen and oxygen atoms in total. The number of ether oxygens (including phenoxy) is 3. The topological polar surface area (TPSA) is 140 Å². The molecule has 8 atom stereocenters. The lowest BCUT2D eigenvalue weighted by atomic mass is 9.85. The third-order valence-electron chi connectivity index (χ3n) is 10.6. The average Bonchev–Trinajstić information content (AvgIpc) is 3.51. The van der Waals surface area contributed by atoms with Crippen LogP contribution in [0.1, 0.15) is 85.8 Å². The van der Waals surface area contributed by atoms with Crippen LogP contribution in [0.25, 0.3) is 11.0 Å². The van der Waals surface area contributed by atoms with Crippen molar-refractivity contribution < 1.29 is 42.5 Å². The summed E-state index contributed by atoms with van der Waals surface area (Å²) >= 11 is 0. The summed E-state index contributed by atoms with van der Waals surface area (Å²) in [5, 5.41) is 13.2. The molecule has 0 spiro atoms. The van der Waals surface area contributed by atoms with Crippen LogP contribution in [-0.2, 0) is 20.2 Å². The lowest BCUT2D eigenvalue weighted by Gasteiger charge is -2.35. The molecule has 0 unspecified atom stereocenters. The van der Waals surface area contributed by atoms with Crippen molar-refractivity contribution in [1.29, 1.82) is 0 Å². The zero-order valence-electron chi connectivity index (χ0n) is 28.8. The normalized spacial score (nSPS) is 31.5. The summed E-state index contributed by atoms with van der Waals surface area (Å²) in [6, 6.07) is 2.26. The summed E-state index contributed by atoms with van der Waals surface area (Å²) in [5.41, 5.74) is -0.951. The van der Waals surface area contributed by atoms with Crippen molar-refractivity contribution in [3.63, 3.8) is 0 Å². The van der Waals surface area contributed by atoms with E-state index < -0.39 is 77.5 Å². The van der Waals surface area contributed by atoms with Crippen LogP contribution >= 0.6 is 0 Å². The number of aliphatic carboxylic acids is 1. The Bertz CT molecular complexity index is 1530. The van der Waals surface area contributed by atoms with Crippen LogP contribution in [-0.4, -0.2) is 75.9 Å². The van der Waals surface area contributed by atoms with Crippen LogP contribution in [0.2, 0.25) is 0 Å². The van der Waals surface area contributed by atoms with Gasteiger partial charge >= 0.3 is 12.1 Å². The van der Waals surface area contributed by atoms with E-state index in [0.717, 1.165) is 0 Å². The zero-order valence-corrected chi connectivity index (χ0v) is 28.8. The predicted octanol–water partition coefficient (Wildman–Crippen LogP) is 6.17. The minimum atomic E-state index is -3.42. The summed E-state index contributed by atoms with van der Waals surface area (Å²) in [4.78, 5) is 50.4. The Kier molecular flexibility index (Phi) is 10.1. The van der Waals surface area contributed by atoms with E-state index in [1.807, 2.05) is 0 Å². The number of hydrogen-bond donors (Lipinski definition) is 2. The number of fused-ring (bicyclic) bond motifs is 5. The van der Waals surface area contributed by atoms with Gasteiger partial charge in [0.15, 0.2) is 5.69 Å². The van der Waals surface area contributed by atoms with Crippen molar-refractivity contribution >= 4 is 29.0 Å². The van der Waals surface area contributed by atoms with Gasteiger partial charge < -0.3 is 29.5 Å². The number of aromatic nitrogens is 2. The molecule has 5 rings (SSSR count). The fraction of sp³-hybridized carbons (Fsp3) is 0.686. The van der Waals surface area contributed by atoms with Crippen molar-refractivity contribution in [2.75, 3.05) is 13.7 Å². The highest BCUT2D eigenvalue weighted by Gasteiger charge is 2.52. The van der Waals surface area contributed by atoms with E-state index in [1.165, 1.54) is 12.0 Å². The van der Waals surface area contributed by atoms with Gasteiger partial charge in [-0.2, -0.15) is 8.78 Å². The van der Waals surface area contributed by atoms with Crippen LogP contribution < -0.4 is 14.8 Å². The monoisotopic (exact) mass is 674 g/mol. The third kappa shape index (κ3) is 7.01. The number of alkyl carbamates (subject to hydrolysis) is 1. The number of rotatable bonds is 3. The first kappa shape index (κ1) is 35.5. The number of methoxy groups -OCH3 is 1. The second kappa shape index (κ2) is 13.6. The molecule has 3 heterocycles. The first-order valence-corrected chi connectivity index (χ1v) is 17.0. The molecule has 2 amide bonds. The predicted molar refractivity (Wildman–Crippen MR) is 173 cm³/mol. The van der Waals surface area contributed by atoms with E-state index >= 15 is 8.78 Å². The van der Waals surface area contributed by atoms with Crippen molar-refractivity contribution in [3.8, 4) is 11.6 Å². The Morgan fingerprint density at radius 2 is 1.85 bits per heavy atom. The highest BCUT2D eigenvalue weighted by molar-refractivity contribution is 5.90. The molecule has 1 saturated carbocycles. The summed E-state index contributed by atoms with van der Waals surface area (Å²) in [6.07, 6.45) is -0.586. The molecule has 3 aliphatic rings. The van der Waals surface area contributed by atoms with Crippen LogP contribution in [0.15, 0.2) is 18.2 Å². The van der Waals surface area contributed by atoms with Gasteiger partial charge in [0.05, 0.1) is 24.7 Å². The molecule has 1 saturated heterocycles. The number of carboxylic acid groups (broad SMARTS) is 1. The fourth-order valence-electron chi connectivity index (χ4n) is 7.69. The van der Waals surface area contributed by atoms with Crippen molar-refractivity contribution in [3.05, 3.63) is 23.9 Å². The standard InChI is InChI=1S/C35H48F2N4O7/c1-8-21-26-17-41(27(21)32(43)44)31(42)29(34(4,5)6)40-33(45)48-25-15-18(2)19(3)22(25)11-9-10-14-35(36,37)28-30(47-26)39-24-16-20(46-7)12-13-23(24)38-28/h12-13,16,18-19,21-22,25-27,29H,8-11,14-15,17H2,1-7H3,(H,40,45)(H,43,44)/t18-,19-,21+,22+,25+,26-,27-,29+/m0/s1. The summed E-state index contributed by atoms with van der Waals surface area (Å²) in [6.45, 7) is 11.0. The van der Waals surface area contributed by atoms with Gasteiger partial charge in [-0.3, -0.25) is 4.79 Å². The second-order valence-electron chi connectivity index (χ2n) is 14.8. The van der Waals surface area contributed by atoms with E-state index in [2.05, 4.69) is 29.1 Å². The highest BCUT2D eigenvalue weighted by atomic mass is 19.3. The molecule has 2 fully saturated rings. The van der Waals surface area contributed by atoms with Gasteiger partial charge in [-0.25, -0.2) is 19.6 Å². The van der Waals surface area contributed by atoms with Gasteiger partial charge in [0.25, 0.3) is 5.92 Å². The highest BCUT2D eigenvalue weighted by Crippen LogP contribution is 2.44. The Morgan fingerprint density at radius 1 is 1.12 bits per heavy atom. The number of hydrogen-bond acceptors (Lipinski definition) is 8. The maximum absolute atomic E-state index is 16.2. The SMILES string of the molecule is CC[C@@H]1[C@@H]2CN(C(=O)[C@H](C(C)(C)C)NC(=O)O[C@@H]3C[C@H](C)[C@H](C)[C@H]3CCCCC(F)(F)c3nc4ccc(OC)cc4nc3O2)[C@@H]1C(=O)O. The van der Waals surface area contributed by atoms with Crippen LogP contribution in [0, 0.1) is 29.1 Å². The molecule has 1 aromatic heterocycles. The number of nitrogens with zero attached hydrogens (tertiary/aromatic N) is 3. The first-order chi connectivity index (χ1) is 22.5. The molecular formula is C35H48F2N4O7. The maximum Gasteiger partial charge on any atom is 0.408 e. The Morgan fingerprint density at radius 3 is 2.50 bits per heavy atom. The zero-order chi connectivity index (χ0) is 35.1. The van der Waals surface area contributed by atoms with Gasteiger partial charge in [0.2, 0.25) is 11.8 Å². The third-order valence-corrected chi connectivity index (χ3v) is 10.6. The van der Waals surface area contributed by atoms with Crippen molar-refractivity contribution in [2.24, 2.45) is 29.1 Å². The lowest BCUT2D eigenvalue weighted by Crippen LogP contribution is -2.57. The van der Waals surface area contributed by atoms with Crippen molar-refractivity contribution in [1.82, 2.24) is 20.2 Å². The number of carbonyl (C=O) groups is 3. The lowest BCUT2D eigenvalue weighted by molar-refractivity contribution is -0.151. The molecule has 13 heteroatoms. The molecule has 2 aliphatic heterocycles. The van der Waals surface area contributed by atoms with Crippen LogP contribution in [0.3, 0.4) is 0 Å². The number of amides is 2. The van der Waals surface area contributed by atoms with E-state index in [4.69, 9.17) is 14.2 Å². The molecule has 1 aliphatic carbocycles. The van der Waals surface area contributed by atoms with E-state index in [1.54, 1.807) is 45.9 Å². The molecule has 2 aromatic rings. The van der Waals surface area contributed by atoms with E-state index in [9.17, 15) is 19.5 Å². The Hall–Kier alpha value is -3.77.